The van der Waals surface area contributed by atoms with E-state index >= 15 is 0 Å². The summed E-state index contributed by atoms with van der Waals surface area (Å²) in [6.45, 7) is 2.24. The molecular formula is C12H20N4O4. The summed E-state index contributed by atoms with van der Waals surface area (Å²) in [5.41, 5.74) is 4.51. The highest BCUT2D eigenvalue weighted by Gasteiger charge is 2.44. The first-order valence-corrected chi connectivity index (χ1v) is 6.71. The van der Waals surface area contributed by atoms with Crippen LogP contribution in [0.3, 0.4) is 0 Å². The van der Waals surface area contributed by atoms with Crippen molar-refractivity contribution in [1.29, 1.82) is 0 Å². The lowest BCUT2D eigenvalue weighted by atomic mass is 9.74. The van der Waals surface area contributed by atoms with Gasteiger partial charge in [0.25, 0.3) is 0 Å². The molecule has 0 aromatic heterocycles. The highest BCUT2D eigenvalue weighted by Crippen LogP contribution is 2.36. The minimum absolute atomic E-state index is 0.158. The van der Waals surface area contributed by atoms with Gasteiger partial charge in [-0.15, -0.1) is 10.6 Å². The van der Waals surface area contributed by atoms with Crippen molar-refractivity contribution in [3.8, 4) is 0 Å². The van der Waals surface area contributed by atoms with Crippen molar-refractivity contribution in [1.82, 2.24) is 16.1 Å². The van der Waals surface area contributed by atoms with E-state index in [2.05, 4.69) is 16.2 Å². The van der Waals surface area contributed by atoms with E-state index in [0.717, 1.165) is 0 Å². The van der Waals surface area contributed by atoms with Crippen molar-refractivity contribution in [2.75, 3.05) is 20.3 Å². The van der Waals surface area contributed by atoms with Crippen molar-refractivity contribution in [3.63, 3.8) is 0 Å². The Morgan fingerprint density at radius 1 is 1.45 bits per heavy atom. The topological polar surface area (TPSA) is 92.3 Å². The fraction of sp³-hybridized carbons (Fsp3) is 0.750. The number of rotatable bonds is 4. The maximum Gasteiger partial charge on any atom is 0.326 e. The number of hydrazine groups is 2. The molecule has 0 aromatic carbocycles. The fourth-order valence-electron chi connectivity index (χ4n) is 2.30. The van der Waals surface area contributed by atoms with E-state index in [1.165, 1.54) is 0 Å². The number of nitrogens with one attached hydrogen (secondary N) is 2. The van der Waals surface area contributed by atoms with Crippen LogP contribution in [-0.2, 0) is 19.1 Å². The monoisotopic (exact) mass is 284 g/mol. The van der Waals surface area contributed by atoms with Gasteiger partial charge in [0.05, 0.1) is 6.61 Å². The molecule has 0 bridgehead atoms. The van der Waals surface area contributed by atoms with Crippen LogP contribution < -0.4 is 11.1 Å². The predicted molar refractivity (Wildman–Crippen MR) is 70.0 cm³/mol. The quantitative estimate of drug-likeness (QED) is 0.698. The van der Waals surface area contributed by atoms with Gasteiger partial charge in [0.2, 0.25) is 0 Å². The van der Waals surface area contributed by atoms with E-state index in [9.17, 15) is 9.59 Å². The lowest BCUT2D eigenvalue weighted by molar-refractivity contribution is -0.161. The first-order chi connectivity index (χ1) is 9.57. The fourth-order valence-corrected chi connectivity index (χ4v) is 2.30. The molecule has 0 amide bonds. The van der Waals surface area contributed by atoms with Gasteiger partial charge in [0.15, 0.2) is 0 Å². The van der Waals surface area contributed by atoms with Gasteiger partial charge in [-0.2, -0.15) is 0 Å². The number of hydrogen-bond acceptors (Lipinski definition) is 8. The van der Waals surface area contributed by atoms with E-state index in [-0.39, 0.29) is 18.4 Å². The maximum atomic E-state index is 12.2. The molecule has 8 nitrogen and oxygen atoms in total. The van der Waals surface area contributed by atoms with Crippen molar-refractivity contribution in [2.45, 2.75) is 32.6 Å². The molecule has 20 heavy (non-hydrogen) atoms. The number of nitrogens with zero attached hydrogens (tertiary/aromatic N) is 2. The van der Waals surface area contributed by atoms with Gasteiger partial charge in [0, 0.05) is 19.9 Å². The predicted octanol–water partition coefficient (Wildman–Crippen LogP) is -0.0788. The number of amidine groups is 1. The Morgan fingerprint density at radius 3 is 2.70 bits per heavy atom. The van der Waals surface area contributed by atoms with Crippen LogP contribution in [0.4, 0.5) is 0 Å². The second kappa shape index (κ2) is 6.08. The minimum Gasteiger partial charge on any atom is -0.465 e. The van der Waals surface area contributed by atoms with Crippen molar-refractivity contribution in [2.24, 2.45) is 10.5 Å². The van der Waals surface area contributed by atoms with Gasteiger partial charge < -0.3 is 9.47 Å². The van der Waals surface area contributed by atoms with E-state index in [1.54, 1.807) is 19.0 Å². The third-order valence-corrected chi connectivity index (χ3v) is 3.61. The Kier molecular flexibility index (Phi) is 4.43. The second-order valence-corrected chi connectivity index (χ2v) is 5.01. The molecule has 0 spiro atoms. The van der Waals surface area contributed by atoms with Gasteiger partial charge in [-0.3, -0.25) is 9.59 Å². The summed E-state index contributed by atoms with van der Waals surface area (Å²) in [6.07, 6.45) is 1.70. The van der Waals surface area contributed by atoms with Crippen LogP contribution in [0.2, 0.25) is 0 Å². The Bertz CT molecular complexity index is 414. The number of carbonyl (C=O) groups excluding carboxylic acids is 2. The second-order valence-electron chi connectivity index (χ2n) is 5.01. The number of ether oxygens (including phenoxy) is 2. The van der Waals surface area contributed by atoms with Crippen LogP contribution in [0, 0.1) is 5.41 Å². The molecule has 2 rings (SSSR count). The van der Waals surface area contributed by atoms with Gasteiger partial charge in [-0.1, -0.05) is 0 Å². The van der Waals surface area contributed by atoms with Gasteiger partial charge >= 0.3 is 12.0 Å². The number of ketones is 1. The van der Waals surface area contributed by atoms with Crippen LogP contribution in [0.1, 0.15) is 32.6 Å². The number of Topliss-reactive ketones (excluding diaryl/α,β-unsaturated/α-hetero) is 1. The average Bonchev–Trinajstić information content (AvgIpc) is 2.84. The van der Waals surface area contributed by atoms with Crippen LogP contribution >= 0.6 is 0 Å². The molecule has 0 unspecified atom stereocenters. The Hall–Kier alpha value is -1.83. The first-order valence-electron chi connectivity index (χ1n) is 6.71. The molecule has 2 N–H and O–H groups in total. The van der Waals surface area contributed by atoms with Crippen LogP contribution in [0.15, 0.2) is 5.10 Å². The van der Waals surface area contributed by atoms with E-state index in [4.69, 9.17) is 9.47 Å². The normalized spacial score (nSPS) is 21.2. The third-order valence-electron chi connectivity index (χ3n) is 3.61. The lowest BCUT2D eigenvalue weighted by Gasteiger charge is -2.33. The van der Waals surface area contributed by atoms with Crippen molar-refractivity contribution < 1.29 is 19.1 Å². The summed E-state index contributed by atoms with van der Waals surface area (Å²) in [4.78, 5) is 23.6. The summed E-state index contributed by atoms with van der Waals surface area (Å²) in [6, 6.07) is 0.352. The SMILES string of the molecule is CCOC(=O)C1(COC2=NNNN2C)CCC(=O)CC1. The molecule has 8 heteroatoms. The number of hydrogen-bond donors (Lipinski definition) is 2. The molecule has 0 aromatic rings. The summed E-state index contributed by atoms with van der Waals surface area (Å²) in [7, 11) is 1.74. The molecule has 1 fully saturated rings. The summed E-state index contributed by atoms with van der Waals surface area (Å²) in [5.74, 6) is -0.113. The zero-order chi connectivity index (χ0) is 14.6. The molecule has 1 aliphatic carbocycles. The average molecular weight is 284 g/mol. The number of carbonyl (C=O) groups is 2. The van der Waals surface area contributed by atoms with Gasteiger partial charge in [-0.05, 0) is 19.8 Å². The van der Waals surface area contributed by atoms with Crippen molar-refractivity contribution >= 4 is 17.8 Å². The standard InChI is InChI=1S/C12H20N4O4/c1-3-19-10(18)12(6-4-9(17)5-7-12)8-20-11-13-14-15-16(11)2/h14-15H,3-8H2,1-2H3. The van der Waals surface area contributed by atoms with E-state index in [0.29, 0.717) is 38.3 Å². The summed E-state index contributed by atoms with van der Waals surface area (Å²) >= 11 is 0. The van der Waals surface area contributed by atoms with Crippen LogP contribution in [-0.4, -0.2) is 43.0 Å². The minimum atomic E-state index is -0.754. The maximum absolute atomic E-state index is 12.2. The van der Waals surface area contributed by atoms with Crippen molar-refractivity contribution in [3.05, 3.63) is 0 Å². The van der Waals surface area contributed by atoms with Gasteiger partial charge in [0.1, 0.15) is 17.8 Å². The van der Waals surface area contributed by atoms with E-state index in [1.807, 2.05) is 0 Å². The Morgan fingerprint density at radius 2 is 2.15 bits per heavy atom. The largest absolute Gasteiger partial charge is 0.465 e. The molecule has 1 aliphatic heterocycles. The Balaban J connectivity index is 2.02. The number of hydrazone groups is 1. The molecule has 0 radical (unpaired) electrons. The summed E-state index contributed by atoms with van der Waals surface area (Å²) < 4.78 is 10.7. The molecule has 0 saturated heterocycles. The highest BCUT2D eigenvalue weighted by molar-refractivity contribution is 5.85. The van der Waals surface area contributed by atoms with Crippen LogP contribution in [0.5, 0.6) is 0 Å². The molecule has 1 saturated carbocycles. The molecule has 112 valence electrons. The first kappa shape index (κ1) is 14.6. The lowest BCUT2D eigenvalue weighted by Crippen LogP contribution is -2.44. The molecular weight excluding hydrogens is 264 g/mol. The molecule has 1 heterocycles. The molecule has 2 aliphatic rings. The van der Waals surface area contributed by atoms with E-state index < -0.39 is 5.41 Å². The highest BCUT2D eigenvalue weighted by atomic mass is 16.5. The Labute approximate surface area is 117 Å². The summed E-state index contributed by atoms with van der Waals surface area (Å²) in [5, 5.41) is 5.46. The van der Waals surface area contributed by atoms with Crippen LogP contribution in [0.25, 0.3) is 0 Å². The zero-order valence-corrected chi connectivity index (χ0v) is 11.8. The zero-order valence-electron chi connectivity index (χ0n) is 11.8. The van der Waals surface area contributed by atoms with Gasteiger partial charge in [-0.25, -0.2) is 10.5 Å². The number of esters is 1. The third kappa shape index (κ3) is 3.01. The molecule has 0 atom stereocenters. The smallest absolute Gasteiger partial charge is 0.326 e.